The molecule has 13 heavy (non-hydrogen) atoms. The van der Waals surface area contributed by atoms with Gasteiger partial charge in [-0.25, -0.2) is 0 Å². The van der Waals surface area contributed by atoms with Crippen molar-refractivity contribution in [3.8, 4) is 0 Å². The second kappa shape index (κ2) is 4.19. The van der Waals surface area contributed by atoms with E-state index in [1.54, 1.807) is 19.3 Å². The lowest BCUT2D eigenvalue weighted by atomic mass is 10.1. The molecule has 0 bridgehead atoms. The standard InChI is InChI=1S/C10H10ClNO/c1-7(8(2)10(11)13)9-4-3-5-12-6-9/h3-6H,1-2H3/b8-7+. The number of allylic oxidation sites excluding steroid dienone is 2. The fourth-order valence-electron chi connectivity index (χ4n) is 0.949. The first-order valence-electron chi connectivity index (χ1n) is 3.90. The minimum Gasteiger partial charge on any atom is -0.276 e. The second-order valence-corrected chi connectivity index (χ2v) is 3.11. The fraction of sp³-hybridized carbons (Fsp3) is 0.200. The molecule has 0 saturated carbocycles. The molecule has 68 valence electrons. The molecule has 1 heterocycles. The van der Waals surface area contributed by atoms with Crippen molar-refractivity contribution in [1.29, 1.82) is 0 Å². The maximum Gasteiger partial charge on any atom is 0.248 e. The first-order chi connectivity index (χ1) is 6.13. The van der Waals surface area contributed by atoms with Crippen molar-refractivity contribution < 1.29 is 4.79 Å². The van der Waals surface area contributed by atoms with Crippen LogP contribution in [-0.4, -0.2) is 10.2 Å². The number of nitrogens with zero attached hydrogens (tertiary/aromatic N) is 1. The van der Waals surface area contributed by atoms with Crippen LogP contribution in [0.25, 0.3) is 5.57 Å². The molecule has 0 radical (unpaired) electrons. The molecule has 0 aliphatic heterocycles. The number of carbonyl (C=O) groups is 1. The van der Waals surface area contributed by atoms with E-state index in [-0.39, 0.29) is 0 Å². The van der Waals surface area contributed by atoms with Gasteiger partial charge in [-0.3, -0.25) is 9.78 Å². The van der Waals surface area contributed by atoms with Crippen LogP contribution in [0, 0.1) is 0 Å². The van der Waals surface area contributed by atoms with Crippen molar-refractivity contribution in [1.82, 2.24) is 4.98 Å². The summed E-state index contributed by atoms with van der Waals surface area (Å²) < 4.78 is 0. The van der Waals surface area contributed by atoms with Gasteiger partial charge in [-0.2, -0.15) is 0 Å². The van der Waals surface area contributed by atoms with Crippen LogP contribution in [0.4, 0.5) is 0 Å². The summed E-state index contributed by atoms with van der Waals surface area (Å²) in [5.74, 6) is 0. The number of hydrogen-bond acceptors (Lipinski definition) is 2. The minimum absolute atomic E-state index is 0.415. The van der Waals surface area contributed by atoms with Crippen LogP contribution in [0.2, 0.25) is 0 Å². The molecule has 3 heteroatoms. The van der Waals surface area contributed by atoms with Gasteiger partial charge in [0.15, 0.2) is 0 Å². The Morgan fingerprint density at radius 1 is 1.46 bits per heavy atom. The van der Waals surface area contributed by atoms with Crippen molar-refractivity contribution in [3.63, 3.8) is 0 Å². The van der Waals surface area contributed by atoms with Gasteiger partial charge < -0.3 is 0 Å². The van der Waals surface area contributed by atoms with Gasteiger partial charge in [0.1, 0.15) is 0 Å². The minimum atomic E-state index is -0.415. The lowest BCUT2D eigenvalue weighted by molar-refractivity contribution is -0.108. The second-order valence-electron chi connectivity index (χ2n) is 2.77. The fourth-order valence-corrected chi connectivity index (χ4v) is 1.09. The average molecular weight is 196 g/mol. The van der Waals surface area contributed by atoms with Crippen LogP contribution in [0.1, 0.15) is 19.4 Å². The molecule has 0 atom stereocenters. The highest BCUT2D eigenvalue weighted by molar-refractivity contribution is 6.68. The Balaban J connectivity index is 3.11. The van der Waals surface area contributed by atoms with Crippen LogP contribution in [0.5, 0.6) is 0 Å². The summed E-state index contributed by atoms with van der Waals surface area (Å²) in [5, 5.41) is -0.415. The van der Waals surface area contributed by atoms with Gasteiger partial charge in [0.25, 0.3) is 0 Å². The Morgan fingerprint density at radius 3 is 2.62 bits per heavy atom. The average Bonchev–Trinajstić information content (AvgIpc) is 2.17. The first-order valence-corrected chi connectivity index (χ1v) is 4.28. The summed E-state index contributed by atoms with van der Waals surface area (Å²) >= 11 is 5.36. The van der Waals surface area contributed by atoms with Gasteiger partial charge in [0, 0.05) is 18.0 Å². The summed E-state index contributed by atoms with van der Waals surface area (Å²) in [4.78, 5) is 14.8. The lowest BCUT2D eigenvalue weighted by Crippen LogP contribution is -1.92. The van der Waals surface area contributed by atoms with Crippen LogP contribution in [0.3, 0.4) is 0 Å². The maximum atomic E-state index is 10.8. The van der Waals surface area contributed by atoms with E-state index in [4.69, 9.17) is 11.6 Å². The van der Waals surface area contributed by atoms with E-state index in [0.29, 0.717) is 5.57 Å². The molecule has 0 unspecified atom stereocenters. The van der Waals surface area contributed by atoms with Crippen molar-refractivity contribution in [3.05, 3.63) is 35.7 Å². The largest absolute Gasteiger partial charge is 0.276 e. The van der Waals surface area contributed by atoms with E-state index in [0.717, 1.165) is 11.1 Å². The maximum absolute atomic E-state index is 10.8. The monoisotopic (exact) mass is 195 g/mol. The number of hydrogen-bond donors (Lipinski definition) is 0. The molecule has 0 aliphatic rings. The highest BCUT2D eigenvalue weighted by Crippen LogP contribution is 2.18. The number of halogens is 1. The molecule has 0 N–H and O–H groups in total. The molecule has 1 aromatic heterocycles. The van der Waals surface area contributed by atoms with E-state index in [1.807, 2.05) is 19.1 Å². The molecule has 0 saturated heterocycles. The van der Waals surface area contributed by atoms with Crippen molar-refractivity contribution in [2.45, 2.75) is 13.8 Å². The molecule has 0 aromatic carbocycles. The SMILES string of the molecule is C/C(C(=O)Cl)=C(/C)c1cccnc1. The van der Waals surface area contributed by atoms with Gasteiger partial charge in [-0.05, 0) is 42.7 Å². The number of rotatable bonds is 2. The molecule has 1 rings (SSSR count). The van der Waals surface area contributed by atoms with Crippen LogP contribution in [0.15, 0.2) is 30.1 Å². The molecule has 0 amide bonds. The van der Waals surface area contributed by atoms with E-state index in [2.05, 4.69) is 4.98 Å². The molecular weight excluding hydrogens is 186 g/mol. The summed E-state index contributed by atoms with van der Waals surface area (Å²) in [6.07, 6.45) is 3.40. The van der Waals surface area contributed by atoms with Crippen molar-refractivity contribution >= 4 is 22.4 Å². The normalized spacial score (nSPS) is 12.2. The molecule has 2 nitrogen and oxygen atoms in total. The number of carbonyl (C=O) groups excluding carboxylic acids is 1. The smallest absolute Gasteiger partial charge is 0.248 e. The van der Waals surface area contributed by atoms with Gasteiger partial charge in [0.05, 0.1) is 0 Å². The third kappa shape index (κ3) is 2.39. The topological polar surface area (TPSA) is 30.0 Å². The molecule has 0 spiro atoms. The Hall–Kier alpha value is -1.15. The lowest BCUT2D eigenvalue weighted by Gasteiger charge is -2.02. The molecule has 0 aliphatic carbocycles. The van der Waals surface area contributed by atoms with E-state index < -0.39 is 5.24 Å². The van der Waals surface area contributed by atoms with Crippen LogP contribution >= 0.6 is 11.6 Å². The molecule has 0 fully saturated rings. The van der Waals surface area contributed by atoms with E-state index >= 15 is 0 Å². The van der Waals surface area contributed by atoms with Crippen LogP contribution in [-0.2, 0) is 4.79 Å². The molecular formula is C10H10ClNO. The summed E-state index contributed by atoms with van der Waals surface area (Å²) in [5.41, 5.74) is 2.36. The van der Waals surface area contributed by atoms with Crippen molar-refractivity contribution in [2.24, 2.45) is 0 Å². The number of aromatic nitrogens is 1. The van der Waals surface area contributed by atoms with E-state index in [9.17, 15) is 4.79 Å². The Morgan fingerprint density at radius 2 is 2.15 bits per heavy atom. The van der Waals surface area contributed by atoms with Crippen molar-refractivity contribution in [2.75, 3.05) is 0 Å². The predicted octanol–water partition coefficient (Wildman–Crippen LogP) is 2.64. The quantitative estimate of drug-likeness (QED) is 0.537. The zero-order valence-corrected chi connectivity index (χ0v) is 8.30. The Bertz CT molecular complexity index is 343. The van der Waals surface area contributed by atoms with Gasteiger partial charge >= 0.3 is 0 Å². The van der Waals surface area contributed by atoms with Gasteiger partial charge in [-0.15, -0.1) is 0 Å². The zero-order chi connectivity index (χ0) is 9.84. The molecule has 1 aromatic rings. The summed E-state index contributed by atoms with van der Waals surface area (Å²) in [6, 6.07) is 3.72. The first kappa shape index (κ1) is 9.93. The highest BCUT2D eigenvalue weighted by Gasteiger charge is 2.05. The third-order valence-corrected chi connectivity index (χ3v) is 2.24. The number of pyridine rings is 1. The zero-order valence-electron chi connectivity index (χ0n) is 7.54. The predicted molar refractivity (Wildman–Crippen MR) is 53.4 cm³/mol. The third-order valence-electron chi connectivity index (χ3n) is 1.95. The summed E-state index contributed by atoms with van der Waals surface area (Å²) in [7, 11) is 0. The van der Waals surface area contributed by atoms with Crippen LogP contribution < -0.4 is 0 Å². The highest BCUT2D eigenvalue weighted by atomic mass is 35.5. The van der Waals surface area contributed by atoms with Gasteiger partial charge in [0.2, 0.25) is 5.24 Å². The van der Waals surface area contributed by atoms with Gasteiger partial charge in [-0.1, -0.05) is 6.07 Å². The Labute approximate surface area is 82.3 Å². The summed E-state index contributed by atoms with van der Waals surface area (Å²) in [6.45, 7) is 3.56. The Kier molecular flexibility index (Phi) is 3.20. The van der Waals surface area contributed by atoms with E-state index in [1.165, 1.54) is 0 Å².